The molecule has 0 aromatic carbocycles. The molecule has 4 heteroatoms. The van der Waals surface area contributed by atoms with Gasteiger partial charge >= 0.3 is 0 Å². The molecule has 1 N–H and O–H groups in total. The minimum Gasteiger partial charge on any atom is -0.411 e. The fourth-order valence-electron chi connectivity index (χ4n) is 3.63. The largest absolute Gasteiger partial charge is 0.411 e. The first-order chi connectivity index (χ1) is 8.24. The number of fused-ring (bicyclic) bond motifs is 2. The van der Waals surface area contributed by atoms with Crippen LogP contribution in [-0.2, 0) is 6.42 Å². The second kappa shape index (κ2) is 3.86. The maximum Gasteiger partial charge on any atom is 0.109 e. The molecule has 2 aliphatic rings. The van der Waals surface area contributed by atoms with Gasteiger partial charge in [0.2, 0.25) is 0 Å². The van der Waals surface area contributed by atoms with Gasteiger partial charge in [-0.1, -0.05) is 12.1 Å². The van der Waals surface area contributed by atoms with Crippen LogP contribution in [0.2, 0.25) is 0 Å². The van der Waals surface area contributed by atoms with Crippen LogP contribution in [0.3, 0.4) is 0 Å². The highest BCUT2D eigenvalue weighted by Crippen LogP contribution is 2.49. The minimum absolute atomic E-state index is 0.259. The summed E-state index contributed by atoms with van der Waals surface area (Å²) in [5.41, 5.74) is 2.04. The van der Waals surface area contributed by atoms with Crippen molar-refractivity contribution >= 4 is 5.71 Å². The average Bonchev–Trinajstić information content (AvgIpc) is 3.00. The van der Waals surface area contributed by atoms with Crippen molar-refractivity contribution in [2.75, 3.05) is 0 Å². The van der Waals surface area contributed by atoms with E-state index in [-0.39, 0.29) is 6.04 Å². The number of hydrogen-bond acceptors (Lipinski definition) is 3. The van der Waals surface area contributed by atoms with Crippen LogP contribution in [0.25, 0.3) is 0 Å². The van der Waals surface area contributed by atoms with Crippen LogP contribution in [0.1, 0.15) is 43.7 Å². The Morgan fingerprint density at radius 3 is 3.06 bits per heavy atom. The van der Waals surface area contributed by atoms with Gasteiger partial charge in [-0.3, -0.25) is 0 Å². The molecule has 4 nitrogen and oxygen atoms in total. The molecule has 2 fully saturated rings. The van der Waals surface area contributed by atoms with Gasteiger partial charge in [-0.25, -0.2) is 4.98 Å². The molecule has 1 aromatic rings. The van der Waals surface area contributed by atoms with Crippen LogP contribution >= 0.6 is 0 Å². The van der Waals surface area contributed by atoms with Gasteiger partial charge < -0.3 is 9.77 Å². The van der Waals surface area contributed by atoms with Gasteiger partial charge in [0.1, 0.15) is 5.82 Å². The third kappa shape index (κ3) is 1.50. The van der Waals surface area contributed by atoms with Crippen LogP contribution < -0.4 is 0 Å². The van der Waals surface area contributed by atoms with E-state index in [2.05, 4.69) is 27.8 Å². The van der Waals surface area contributed by atoms with Gasteiger partial charge in [-0.15, -0.1) is 0 Å². The maximum atomic E-state index is 9.24. The summed E-state index contributed by atoms with van der Waals surface area (Å²) in [6.45, 7) is 4.15. The SMILES string of the molecule is CCc1nc(C)cn1[C@H]1/C(=N\O)[C@H]2CC[C@@H]1C2. The van der Waals surface area contributed by atoms with E-state index in [9.17, 15) is 5.21 Å². The molecule has 0 aliphatic heterocycles. The van der Waals surface area contributed by atoms with E-state index in [1.54, 1.807) is 0 Å². The van der Waals surface area contributed by atoms with Crippen LogP contribution in [0, 0.1) is 18.8 Å². The van der Waals surface area contributed by atoms with Crippen LogP contribution in [0.4, 0.5) is 0 Å². The van der Waals surface area contributed by atoms with Gasteiger partial charge in [0.15, 0.2) is 0 Å². The Kier molecular flexibility index (Phi) is 2.45. The third-order valence-electron chi connectivity index (χ3n) is 4.30. The molecule has 0 radical (unpaired) electrons. The lowest BCUT2D eigenvalue weighted by Crippen LogP contribution is -2.26. The summed E-state index contributed by atoms with van der Waals surface area (Å²) in [6, 6.07) is 0.259. The highest BCUT2D eigenvalue weighted by Gasteiger charge is 2.46. The molecule has 2 saturated carbocycles. The average molecular weight is 233 g/mol. The molecule has 1 aromatic heterocycles. The Morgan fingerprint density at radius 2 is 2.35 bits per heavy atom. The van der Waals surface area contributed by atoms with Crippen molar-refractivity contribution in [3.8, 4) is 0 Å². The first-order valence-corrected chi connectivity index (χ1v) is 6.50. The quantitative estimate of drug-likeness (QED) is 0.630. The molecular weight excluding hydrogens is 214 g/mol. The van der Waals surface area contributed by atoms with Crippen molar-refractivity contribution in [2.24, 2.45) is 17.0 Å². The molecular formula is C13H19N3O. The minimum atomic E-state index is 0.259. The Hall–Kier alpha value is -1.32. The van der Waals surface area contributed by atoms with Crippen LogP contribution in [0.5, 0.6) is 0 Å². The monoisotopic (exact) mass is 233 g/mol. The van der Waals surface area contributed by atoms with Gasteiger partial charge in [0.25, 0.3) is 0 Å². The zero-order chi connectivity index (χ0) is 12.0. The molecule has 3 rings (SSSR count). The Bertz CT molecular complexity index is 463. The summed E-state index contributed by atoms with van der Waals surface area (Å²) < 4.78 is 2.24. The molecule has 3 atom stereocenters. The zero-order valence-electron chi connectivity index (χ0n) is 10.4. The normalized spacial score (nSPS) is 33.8. The molecule has 0 amide bonds. The summed E-state index contributed by atoms with van der Waals surface area (Å²) in [6.07, 6.45) is 6.67. The highest BCUT2D eigenvalue weighted by atomic mass is 16.4. The van der Waals surface area contributed by atoms with Crippen molar-refractivity contribution in [3.05, 3.63) is 17.7 Å². The third-order valence-corrected chi connectivity index (χ3v) is 4.30. The lowest BCUT2D eigenvalue weighted by atomic mass is 9.93. The van der Waals surface area contributed by atoms with E-state index in [1.807, 2.05) is 6.92 Å². The van der Waals surface area contributed by atoms with E-state index in [0.717, 1.165) is 23.7 Å². The number of hydrogen-bond donors (Lipinski definition) is 1. The van der Waals surface area contributed by atoms with E-state index >= 15 is 0 Å². The smallest absolute Gasteiger partial charge is 0.109 e. The number of aromatic nitrogens is 2. The first kappa shape index (κ1) is 10.8. The van der Waals surface area contributed by atoms with Crippen molar-refractivity contribution in [1.29, 1.82) is 0 Å². The van der Waals surface area contributed by atoms with Crippen LogP contribution in [0.15, 0.2) is 11.4 Å². The Morgan fingerprint density at radius 1 is 1.53 bits per heavy atom. The number of nitrogens with zero attached hydrogens (tertiary/aromatic N) is 3. The topological polar surface area (TPSA) is 50.4 Å². The number of aryl methyl sites for hydroxylation is 2. The second-order valence-electron chi connectivity index (χ2n) is 5.30. The van der Waals surface area contributed by atoms with Crippen molar-refractivity contribution in [2.45, 2.75) is 45.6 Å². The fourth-order valence-corrected chi connectivity index (χ4v) is 3.63. The number of rotatable bonds is 2. The molecule has 0 spiro atoms. The lowest BCUT2D eigenvalue weighted by molar-refractivity contribution is 0.306. The summed E-state index contributed by atoms with van der Waals surface area (Å²) in [4.78, 5) is 4.55. The van der Waals surface area contributed by atoms with Gasteiger partial charge in [0, 0.05) is 18.5 Å². The Balaban J connectivity index is 2.03. The molecule has 2 aliphatic carbocycles. The van der Waals surface area contributed by atoms with E-state index in [1.165, 1.54) is 19.3 Å². The number of oxime groups is 1. The van der Waals surface area contributed by atoms with E-state index in [0.29, 0.717) is 11.8 Å². The lowest BCUT2D eigenvalue weighted by Gasteiger charge is -2.25. The molecule has 17 heavy (non-hydrogen) atoms. The van der Waals surface area contributed by atoms with Gasteiger partial charge in [-0.2, -0.15) is 0 Å². The predicted octanol–water partition coefficient (Wildman–Crippen LogP) is 2.56. The molecule has 1 heterocycles. The fraction of sp³-hybridized carbons (Fsp3) is 0.692. The summed E-state index contributed by atoms with van der Waals surface area (Å²) >= 11 is 0. The number of imidazole rings is 1. The zero-order valence-corrected chi connectivity index (χ0v) is 10.4. The highest BCUT2D eigenvalue weighted by molar-refractivity contribution is 5.93. The van der Waals surface area contributed by atoms with Crippen molar-refractivity contribution in [3.63, 3.8) is 0 Å². The van der Waals surface area contributed by atoms with Crippen molar-refractivity contribution in [1.82, 2.24) is 9.55 Å². The van der Waals surface area contributed by atoms with E-state index < -0.39 is 0 Å². The van der Waals surface area contributed by atoms with Gasteiger partial charge in [0.05, 0.1) is 17.4 Å². The molecule has 0 saturated heterocycles. The maximum absolute atomic E-state index is 9.24. The molecule has 2 bridgehead atoms. The second-order valence-corrected chi connectivity index (χ2v) is 5.30. The summed E-state index contributed by atoms with van der Waals surface area (Å²) in [5, 5.41) is 12.8. The predicted molar refractivity (Wildman–Crippen MR) is 65.4 cm³/mol. The van der Waals surface area contributed by atoms with Gasteiger partial charge in [-0.05, 0) is 32.1 Å². The molecule has 92 valence electrons. The first-order valence-electron chi connectivity index (χ1n) is 6.50. The summed E-state index contributed by atoms with van der Waals surface area (Å²) in [5.74, 6) is 2.26. The summed E-state index contributed by atoms with van der Waals surface area (Å²) in [7, 11) is 0. The standard InChI is InChI=1S/C13H19N3O/c1-3-11-14-8(2)7-16(11)13-10-5-4-9(6-10)12(13)15-17/h7,9-10,13,17H,3-6H2,1-2H3/b15-12-/t9-,10+,13+/m0/s1. The van der Waals surface area contributed by atoms with Crippen LogP contribution in [-0.4, -0.2) is 20.5 Å². The van der Waals surface area contributed by atoms with Crippen molar-refractivity contribution < 1.29 is 5.21 Å². The molecule has 0 unspecified atom stereocenters. The van der Waals surface area contributed by atoms with E-state index in [4.69, 9.17) is 0 Å². The Labute approximate surface area is 101 Å².